The van der Waals surface area contributed by atoms with Gasteiger partial charge in [0.2, 0.25) is 0 Å². The van der Waals surface area contributed by atoms with E-state index in [0.29, 0.717) is 27.8 Å². The van der Waals surface area contributed by atoms with Crippen LogP contribution in [0.1, 0.15) is 10.5 Å². The number of aromatic nitrogens is 2. The van der Waals surface area contributed by atoms with Crippen LogP contribution in [0.15, 0.2) is 18.2 Å². The van der Waals surface area contributed by atoms with Gasteiger partial charge in [-0.1, -0.05) is 11.6 Å². The van der Waals surface area contributed by atoms with Gasteiger partial charge in [-0.2, -0.15) is 5.10 Å². The Hall–Kier alpha value is -2.21. The molecule has 0 saturated heterocycles. The van der Waals surface area contributed by atoms with Gasteiger partial charge < -0.3 is 14.6 Å². The number of nitrogens with one attached hydrogen (secondary N) is 1. The number of aromatic carboxylic acids is 1. The summed E-state index contributed by atoms with van der Waals surface area (Å²) in [5.41, 5.74) is 0.821. The number of carbonyl (C=O) groups is 1. The Balaban J connectivity index is 2.61. The van der Waals surface area contributed by atoms with Crippen LogP contribution in [0.3, 0.4) is 0 Å². The zero-order valence-corrected chi connectivity index (χ0v) is 11.0. The second kappa shape index (κ2) is 5.19. The Morgan fingerprint density at radius 1 is 1.32 bits per heavy atom. The summed E-state index contributed by atoms with van der Waals surface area (Å²) in [6.45, 7) is 0. The number of rotatable bonds is 4. The Morgan fingerprint density at radius 2 is 1.95 bits per heavy atom. The highest BCUT2D eigenvalue weighted by molar-refractivity contribution is 6.35. The minimum atomic E-state index is -1.10. The molecular formula is C12H11ClN2O4. The van der Waals surface area contributed by atoms with Crippen molar-refractivity contribution in [1.82, 2.24) is 10.2 Å². The molecule has 0 fully saturated rings. The predicted molar refractivity (Wildman–Crippen MR) is 69.1 cm³/mol. The molecular weight excluding hydrogens is 272 g/mol. The molecule has 1 aromatic heterocycles. The molecule has 1 heterocycles. The van der Waals surface area contributed by atoms with Gasteiger partial charge in [0.1, 0.15) is 17.2 Å². The van der Waals surface area contributed by atoms with Crippen LogP contribution in [0, 0.1) is 0 Å². The first kappa shape index (κ1) is 13.2. The van der Waals surface area contributed by atoms with Gasteiger partial charge in [-0.3, -0.25) is 5.10 Å². The maximum absolute atomic E-state index is 10.8. The molecule has 2 aromatic rings. The monoisotopic (exact) mass is 282 g/mol. The third-order valence-corrected chi connectivity index (χ3v) is 2.95. The molecule has 19 heavy (non-hydrogen) atoms. The molecule has 0 atom stereocenters. The number of nitrogens with zero attached hydrogens (tertiary/aromatic N) is 1. The fraction of sp³-hybridized carbons (Fsp3) is 0.167. The van der Waals surface area contributed by atoms with Gasteiger partial charge in [0.15, 0.2) is 0 Å². The second-order valence-electron chi connectivity index (χ2n) is 3.63. The molecule has 7 heteroatoms. The fourth-order valence-corrected chi connectivity index (χ4v) is 2.00. The summed E-state index contributed by atoms with van der Waals surface area (Å²) in [4.78, 5) is 10.8. The average molecular weight is 283 g/mol. The van der Waals surface area contributed by atoms with Crippen LogP contribution >= 0.6 is 11.6 Å². The van der Waals surface area contributed by atoms with E-state index in [9.17, 15) is 4.79 Å². The van der Waals surface area contributed by atoms with Crippen molar-refractivity contribution in [2.75, 3.05) is 14.2 Å². The van der Waals surface area contributed by atoms with Gasteiger partial charge in [0.25, 0.3) is 0 Å². The summed E-state index contributed by atoms with van der Waals surface area (Å²) < 4.78 is 10.3. The number of benzene rings is 1. The largest absolute Gasteiger partial charge is 0.496 e. The number of carboxylic acid groups (broad SMARTS) is 1. The molecule has 0 bridgehead atoms. The number of ether oxygens (including phenoxy) is 2. The van der Waals surface area contributed by atoms with Crippen LogP contribution in [0.2, 0.25) is 5.02 Å². The zero-order valence-electron chi connectivity index (χ0n) is 10.2. The summed E-state index contributed by atoms with van der Waals surface area (Å²) in [6, 6.07) is 4.72. The first-order valence-electron chi connectivity index (χ1n) is 5.28. The molecule has 2 rings (SSSR count). The molecule has 100 valence electrons. The molecule has 0 spiro atoms. The van der Waals surface area contributed by atoms with Crippen LogP contribution in [0.5, 0.6) is 11.5 Å². The topological polar surface area (TPSA) is 84.4 Å². The van der Waals surface area contributed by atoms with E-state index in [2.05, 4.69) is 10.2 Å². The third-order valence-electron chi connectivity index (χ3n) is 2.57. The predicted octanol–water partition coefficient (Wildman–Crippen LogP) is 2.45. The number of halogens is 1. The van der Waals surface area contributed by atoms with E-state index in [1.54, 1.807) is 12.1 Å². The second-order valence-corrected chi connectivity index (χ2v) is 4.01. The van der Waals surface area contributed by atoms with Crippen molar-refractivity contribution in [1.29, 1.82) is 0 Å². The summed E-state index contributed by atoms with van der Waals surface area (Å²) in [6.07, 6.45) is 0. The Kier molecular flexibility index (Phi) is 3.62. The van der Waals surface area contributed by atoms with Gasteiger partial charge in [-0.15, -0.1) is 0 Å². The summed E-state index contributed by atoms with van der Waals surface area (Å²) >= 11 is 6.21. The van der Waals surface area contributed by atoms with Crippen LogP contribution in [-0.4, -0.2) is 35.5 Å². The lowest BCUT2D eigenvalue weighted by Crippen LogP contribution is -1.95. The van der Waals surface area contributed by atoms with E-state index in [0.717, 1.165) is 0 Å². The van der Waals surface area contributed by atoms with Crippen molar-refractivity contribution in [3.8, 4) is 22.8 Å². The van der Waals surface area contributed by atoms with Crippen LogP contribution in [0.25, 0.3) is 11.3 Å². The molecule has 6 nitrogen and oxygen atoms in total. The van der Waals surface area contributed by atoms with Crippen LogP contribution in [0.4, 0.5) is 0 Å². The third kappa shape index (κ3) is 2.34. The lowest BCUT2D eigenvalue weighted by molar-refractivity contribution is 0.0690. The van der Waals surface area contributed by atoms with Crippen molar-refractivity contribution < 1.29 is 19.4 Å². The van der Waals surface area contributed by atoms with Crippen molar-refractivity contribution >= 4 is 17.6 Å². The average Bonchev–Trinajstić information content (AvgIpc) is 2.87. The standard InChI is InChI=1S/C12H11ClN2O4/c1-18-8-3-4-9(19-2)11(13)10(8)6-5-7(12(16)17)15-14-6/h3-5H,1-2H3,(H,14,15)(H,16,17). The van der Waals surface area contributed by atoms with Crippen LogP contribution < -0.4 is 9.47 Å². The van der Waals surface area contributed by atoms with Crippen molar-refractivity contribution in [3.63, 3.8) is 0 Å². The minimum absolute atomic E-state index is 0.0315. The maximum Gasteiger partial charge on any atom is 0.353 e. The van der Waals surface area contributed by atoms with Crippen LogP contribution in [-0.2, 0) is 0 Å². The Labute approximate surface area is 113 Å². The minimum Gasteiger partial charge on any atom is -0.496 e. The molecule has 0 radical (unpaired) electrons. The van der Waals surface area contributed by atoms with E-state index < -0.39 is 5.97 Å². The van der Waals surface area contributed by atoms with E-state index in [1.807, 2.05) is 0 Å². The van der Waals surface area contributed by atoms with E-state index in [-0.39, 0.29) is 5.69 Å². The van der Waals surface area contributed by atoms with Crippen molar-refractivity contribution in [2.24, 2.45) is 0 Å². The number of hydrogen-bond donors (Lipinski definition) is 2. The summed E-state index contributed by atoms with van der Waals surface area (Å²) in [7, 11) is 2.98. The van der Waals surface area contributed by atoms with E-state index >= 15 is 0 Å². The van der Waals surface area contributed by atoms with Crippen molar-refractivity contribution in [3.05, 3.63) is 28.9 Å². The zero-order chi connectivity index (χ0) is 14.0. The normalized spacial score (nSPS) is 10.3. The molecule has 0 unspecified atom stereocenters. The first-order chi connectivity index (χ1) is 9.08. The van der Waals surface area contributed by atoms with E-state index in [1.165, 1.54) is 20.3 Å². The maximum atomic E-state index is 10.8. The lowest BCUT2D eigenvalue weighted by atomic mass is 10.1. The first-order valence-corrected chi connectivity index (χ1v) is 5.65. The van der Waals surface area contributed by atoms with Crippen molar-refractivity contribution in [2.45, 2.75) is 0 Å². The lowest BCUT2D eigenvalue weighted by Gasteiger charge is -2.11. The molecule has 0 aliphatic heterocycles. The van der Waals surface area contributed by atoms with Gasteiger partial charge in [0, 0.05) is 0 Å². The van der Waals surface area contributed by atoms with Gasteiger partial charge in [-0.25, -0.2) is 4.79 Å². The van der Waals surface area contributed by atoms with Gasteiger partial charge >= 0.3 is 5.97 Å². The smallest absolute Gasteiger partial charge is 0.353 e. The highest BCUT2D eigenvalue weighted by Gasteiger charge is 2.19. The van der Waals surface area contributed by atoms with Gasteiger partial charge in [-0.05, 0) is 18.2 Å². The number of aromatic amines is 1. The summed E-state index contributed by atoms with van der Waals surface area (Å²) in [5.74, 6) is -0.164. The summed E-state index contributed by atoms with van der Waals surface area (Å²) in [5, 5.41) is 15.5. The fourth-order valence-electron chi connectivity index (χ4n) is 1.67. The number of methoxy groups -OCH3 is 2. The highest BCUT2D eigenvalue weighted by Crippen LogP contribution is 2.41. The Bertz CT molecular complexity index is 624. The Morgan fingerprint density at radius 3 is 2.47 bits per heavy atom. The number of carboxylic acids is 1. The van der Waals surface area contributed by atoms with Gasteiger partial charge in [0.05, 0.1) is 30.5 Å². The molecule has 0 aliphatic carbocycles. The molecule has 1 aromatic carbocycles. The number of hydrogen-bond acceptors (Lipinski definition) is 4. The molecule has 0 saturated carbocycles. The molecule has 0 amide bonds. The highest BCUT2D eigenvalue weighted by atomic mass is 35.5. The molecule has 2 N–H and O–H groups in total. The molecule has 0 aliphatic rings. The number of H-pyrrole nitrogens is 1. The van der Waals surface area contributed by atoms with E-state index in [4.69, 9.17) is 26.2 Å². The quantitative estimate of drug-likeness (QED) is 0.900. The SMILES string of the molecule is COc1ccc(OC)c(-c2cc(C(=O)O)[nH]n2)c1Cl.